The standard InChI is InChI=1S/C16H8F3N5OS/c17-16(18,19)15-21-6-11(26-15)10-4-9-13(22-7-23-14(9)25)12(24-10)8-2-1-3-20-5-8/h1-7H,(H,22,23,25). The molecule has 26 heavy (non-hydrogen) atoms. The number of nitrogens with one attached hydrogen (secondary N) is 1. The minimum absolute atomic E-state index is 0.201. The maximum Gasteiger partial charge on any atom is 0.443 e. The lowest BCUT2D eigenvalue weighted by Gasteiger charge is -2.07. The molecular weight excluding hydrogens is 367 g/mol. The highest BCUT2D eigenvalue weighted by Crippen LogP contribution is 2.37. The van der Waals surface area contributed by atoms with Gasteiger partial charge in [-0.2, -0.15) is 13.2 Å². The van der Waals surface area contributed by atoms with Crippen LogP contribution in [0, 0.1) is 0 Å². The number of aromatic amines is 1. The van der Waals surface area contributed by atoms with E-state index in [9.17, 15) is 18.0 Å². The van der Waals surface area contributed by atoms with Gasteiger partial charge in [-0.3, -0.25) is 9.78 Å². The lowest BCUT2D eigenvalue weighted by Crippen LogP contribution is -2.08. The van der Waals surface area contributed by atoms with Crippen molar-refractivity contribution in [1.82, 2.24) is 24.9 Å². The molecule has 0 bridgehead atoms. The van der Waals surface area contributed by atoms with Gasteiger partial charge in [-0.1, -0.05) is 0 Å². The second kappa shape index (κ2) is 5.99. The zero-order chi connectivity index (χ0) is 18.3. The number of hydrogen-bond donors (Lipinski definition) is 1. The summed E-state index contributed by atoms with van der Waals surface area (Å²) in [4.78, 5) is 30.8. The Labute approximate surface area is 147 Å². The molecule has 0 aliphatic carbocycles. The number of rotatable bonds is 2. The lowest BCUT2D eigenvalue weighted by molar-refractivity contribution is -0.137. The molecule has 0 amide bonds. The summed E-state index contributed by atoms with van der Waals surface area (Å²) in [6, 6.07) is 4.83. The average Bonchev–Trinajstić information content (AvgIpc) is 3.13. The Kier molecular flexibility index (Phi) is 3.76. The molecule has 0 unspecified atom stereocenters. The topological polar surface area (TPSA) is 84.4 Å². The van der Waals surface area contributed by atoms with Crippen LogP contribution in [0.1, 0.15) is 5.01 Å². The molecular formula is C16H8F3N5OS. The summed E-state index contributed by atoms with van der Waals surface area (Å²) < 4.78 is 38.5. The zero-order valence-electron chi connectivity index (χ0n) is 12.8. The van der Waals surface area contributed by atoms with E-state index in [1.54, 1.807) is 24.5 Å². The Bertz CT molecular complexity index is 1150. The van der Waals surface area contributed by atoms with E-state index < -0.39 is 16.7 Å². The summed E-state index contributed by atoms with van der Waals surface area (Å²) in [5.74, 6) is 0. The number of thiazole rings is 1. The summed E-state index contributed by atoms with van der Waals surface area (Å²) >= 11 is 0.464. The molecule has 0 spiro atoms. The third kappa shape index (κ3) is 2.84. The van der Waals surface area contributed by atoms with Crippen molar-refractivity contribution in [3.05, 3.63) is 58.5 Å². The van der Waals surface area contributed by atoms with Crippen molar-refractivity contribution in [1.29, 1.82) is 0 Å². The largest absolute Gasteiger partial charge is 0.443 e. The van der Waals surface area contributed by atoms with Crippen LogP contribution in [0.2, 0.25) is 0 Å². The number of nitrogens with zero attached hydrogens (tertiary/aromatic N) is 4. The summed E-state index contributed by atoms with van der Waals surface area (Å²) in [6.45, 7) is 0. The molecule has 130 valence electrons. The Morgan fingerprint density at radius 2 is 2.00 bits per heavy atom. The number of aromatic nitrogens is 5. The Balaban J connectivity index is 1.98. The van der Waals surface area contributed by atoms with Crippen molar-refractivity contribution >= 4 is 22.2 Å². The van der Waals surface area contributed by atoms with E-state index in [2.05, 4.69) is 24.9 Å². The fraction of sp³-hybridized carbons (Fsp3) is 0.0625. The van der Waals surface area contributed by atoms with Gasteiger partial charge < -0.3 is 4.98 Å². The molecule has 4 aromatic heterocycles. The van der Waals surface area contributed by atoms with Crippen molar-refractivity contribution in [3.63, 3.8) is 0 Å². The monoisotopic (exact) mass is 375 g/mol. The molecule has 1 N–H and O–H groups in total. The maximum atomic E-state index is 12.8. The van der Waals surface area contributed by atoms with Crippen LogP contribution in [-0.4, -0.2) is 24.9 Å². The van der Waals surface area contributed by atoms with Crippen LogP contribution in [0.3, 0.4) is 0 Å². The fourth-order valence-corrected chi connectivity index (χ4v) is 3.17. The zero-order valence-corrected chi connectivity index (χ0v) is 13.6. The van der Waals surface area contributed by atoms with Gasteiger partial charge in [0.25, 0.3) is 5.56 Å². The second-order valence-corrected chi connectivity index (χ2v) is 6.28. The van der Waals surface area contributed by atoms with Gasteiger partial charge in [-0.15, -0.1) is 11.3 Å². The summed E-state index contributed by atoms with van der Waals surface area (Å²) in [7, 11) is 0. The normalized spacial score (nSPS) is 11.8. The quantitative estimate of drug-likeness (QED) is 0.579. The first-order valence-electron chi connectivity index (χ1n) is 7.26. The number of halogens is 3. The van der Waals surface area contributed by atoms with Gasteiger partial charge in [-0.25, -0.2) is 15.0 Å². The minimum Gasteiger partial charge on any atom is -0.313 e. The first-order chi connectivity index (χ1) is 12.4. The second-order valence-electron chi connectivity index (χ2n) is 5.25. The number of H-pyrrole nitrogens is 1. The predicted octanol–water partition coefficient (Wildman–Crippen LogP) is 3.52. The van der Waals surface area contributed by atoms with Crippen LogP contribution in [0.15, 0.2) is 47.9 Å². The van der Waals surface area contributed by atoms with Crippen molar-refractivity contribution in [3.8, 4) is 21.8 Å². The first-order valence-corrected chi connectivity index (χ1v) is 8.07. The minimum atomic E-state index is -4.54. The molecule has 0 saturated carbocycles. The van der Waals surface area contributed by atoms with Crippen LogP contribution in [0.25, 0.3) is 32.7 Å². The molecule has 0 aliphatic heterocycles. The summed E-state index contributed by atoms with van der Waals surface area (Å²) in [5, 5.41) is -0.754. The van der Waals surface area contributed by atoms with Crippen LogP contribution >= 0.6 is 11.3 Å². The fourth-order valence-electron chi connectivity index (χ4n) is 2.43. The molecule has 0 saturated heterocycles. The van der Waals surface area contributed by atoms with Crippen LogP contribution < -0.4 is 5.56 Å². The summed E-state index contributed by atoms with van der Waals surface area (Å²) in [5.41, 5.74) is 1.09. The van der Waals surface area contributed by atoms with E-state index >= 15 is 0 Å². The van der Waals surface area contributed by atoms with E-state index in [0.29, 0.717) is 28.1 Å². The molecule has 0 aromatic carbocycles. The highest BCUT2D eigenvalue weighted by molar-refractivity contribution is 7.15. The van der Waals surface area contributed by atoms with E-state index in [1.165, 1.54) is 12.4 Å². The molecule has 10 heteroatoms. The molecule has 0 radical (unpaired) electrons. The van der Waals surface area contributed by atoms with Gasteiger partial charge in [-0.05, 0) is 18.2 Å². The van der Waals surface area contributed by atoms with E-state index in [1.807, 2.05) is 0 Å². The number of hydrogen-bond acceptors (Lipinski definition) is 6. The molecule has 6 nitrogen and oxygen atoms in total. The van der Waals surface area contributed by atoms with Crippen molar-refractivity contribution < 1.29 is 13.2 Å². The van der Waals surface area contributed by atoms with Gasteiger partial charge >= 0.3 is 6.18 Å². The van der Waals surface area contributed by atoms with Crippen LogP contribution in [0.4, 0.5) is 13.2 Å². The highest BCUT2D eigenvalue weighted by Gasteiger charge is 2.34. The first kappa shape index (κ1) is 16.3. The SMILES string of the molecule is O=c1[nH]cnc2c(-c3cccnc3)nc(-c3cnc(C(F)(F)F)s3)cc12. The molecule has 4 heterocycles. The molecule has 4 rings (SSSR count). The number of alkyl halides is 3. The molecule has 0 aliphatic rings. The van der Waals surface area contributed by atoms with E-state index in [-0.39, 0.29) is 16.0 Å². The molecule has 0 atom stereocenters. The van der Waals surface area contributed by atoms with Gasteiger partial charge in [0.15, 0.2) is 5.01 Å². The highest BCUT2D eigenvalue weighted by atomic mass is 32.1. The maximum absolute atomic E-state index is 12.8. The Morgan fingerprint density at radius 1 is 1.15 bits per heavy atom. The third-order valence-corrected chi connectivity index (χ3v) is 4.63. The number of fused-ring (bicyclic) bond motifs is 1. The number of pyridine rings is 2. The smallest absolute Gasteiger partial charge is 0.313 e. The molecule has 4 aromatic rings. The van der Waals surface area contributed by atoms with Gasteiger partial charge in [0, 0.05) is 24.2 Å². The van der Waals surface area contributed by atoms with Crippen molar-refractivity contribution in [2.24, 2.45) is 0 Å². The van der Waals surface area contributed by atoms with Gasteiger partial charge in [0.1, 0.15) is 5.52 Å². The third-order valence-electron chi connectivity index (χ3n) is 3.56. The van der Waals surface area contributed by atoms with Gasteiger partial charge in [0.05, 0.1) is 28.0 Å². The van der Waals surface area contributed by atoms with Crippen molar-refractivity contribution in [2.75, 3.05) is 0 Å². The van der Waals surface area contributed by atoms with Crippen molar-refractivity contribution in [2.45, 2.75) is 6.18 Å². The summed E-state index contributed by atoms with van der Waals surface area (Å²) in [6.07, 6.45) is 0.932. The van der Waals surface area contributed by atoms with E-state index in [4.69, 9.17) is 0 Å². The Morgan fingerprint density at radius 3 is 2.69 bits per heavy atom. The van der Waals surface area contributed by atoms with Crippen LogP contribution in [-0.2, 0) is 6.18 Å². The Hall–Kier alpha value is -3.14. The molecule has 0 fully saturated rings. The predicted molar refractivity (Wildman–Crippen MR) is 89.5 cm³/mol. The average molecular weight is 375 g/mol. The van der Waals surface area contributed by atoms with Crippen LogP contribution in [0.5, 0.6) is 0 Å². The van der Waals surface area contributed by atoms with E-state index in [0.717, 1.165) is 6.20 Å². The van der Waals surface area contributed by atoms with Gasteiger partial charge in [0.2, 0.25) is 0 Å². The lowest BCUT2D eigenvalue weighted by atomic mass is 10.1.